The molecule has 0 spiro atoms. The van der Waals surface area contributed by atoms with Crippen LogP contribution in [0.15, 0.2) is 66.4 Å². The highest BCUT2D eigenvalue weighted by atomic mass is 16.5. The standard InChI is InChI=1S/C39H41N7O5/c1-23-35(24(2)45(4)43-23)36-30(29-21-28(50-5)13-14-32(29)42-36)22-34-37(47)31-20-27(12-15-33(31)51-34)41-39(49)40-26-10-8-25(9-11-26)38(48)44(3)18-19-46-16-6-7-17-46/h8-15,20-22,42H,6-7,16-19H2,1-5H3,(H2,40,41,49)/b34-22-. The Morgan fingerprint density at radius 1 is 1.02 bits per heavy atom. The second kappa shape index (κ2) is 13.8. The number of nitrogens with one attached hydrogen (secondary N) is 3. The zero-order chi connectivity index (χ0) is 35.8. The van der Waals surface area contributed by atoms with Crippen molar-refractivity contribution in [3.05, 3.63) is 94.5 Å². The number of carbonyl (C=O) groups excluding carboxylic acids is 3. The number of benzene rings is 3. The molecule has 3 amide bonds. The Morgan fingerprint density at radius 3 is 2.45 bits per heavy atom. The highest BCUT2D eigenvalue weighted by Gasteiger charge is 2.29. The molecule has 0 aliphatic carbocycles. The van der Waals surface area contributed by atoms with E-state index in [0.717, 1.165) is 58.7 Å². The molecule has 4 heterocycles. The van der Waals surface area contributed by atoms with Crippen LogP contribution in [-0.2, 0) is 7.05 Å². The van der Waals surface area contributed by atoms with Crippen molar-refractivity contribution in [2.75, 3.05) is 51.0 Å². The molecular weight excluding hydrogens is 646 g/mol. The number of likely N-dealkylation sites (tertiary alicyclic amines) is 1. The molecule has 3 N–H and O–H groups in total. The quantitative estimate of drug-likeness (QED) is 0.148. The molecule has 0 atom stereocenters. The maximum atomic E-state index is 13.7. The van der Waals surface area contributed by atoms with Gasteiger partial charge in [0, 0.05) is 71.8 Å². The average molecular weight is 688 g/mol. The maximum absolute atomic E-state index is 13.7. The third-order valence-corrected chi connectivity index (χ3v) is 9.69. The number of hydrogen-bond donors (Lipinski definition) is 3. The van der Waals surface area contributed by atoms with Crippen LogP contribution in [0.4, 0.5) is 16.2 Å². The number of likely N-dealkylation sites (N-methyl/N-ethyl adjacent to an activating group) is 1. The number of ketones is 1. The van der Waals surface area contributed by atoms with E-state index < -0.39 is 6.03 Å². The summed E-state index contributed by atoms with van der Waals surface area (Å²) in [6, 6.07) is 17.0. The van der Waals surface area contributed by atoms with Gasteiger partial charge < -0.3 is 34.9 Å². The third kappa shape index (κ3) is 6.70. The van der Waals surface area contributed by atoms with E-state index in [1.165, 1.54) is 12.8 Å². The fourth-order valence-corrected chi connectivity index (χ4v) is 6.81. The minimum atomic E-state index is -0.488. The molecule has 7 rings (SSSR count). The molecule has 12 nitrogen and oxygen atoms in total. The Balaban J connectivity index is 1.05. The van der Waals surface area contributed by atoms with Crippen LogP contribution in [0.3, 0.4) is 0 Å². The molecule has 2 aliphatic heterocycles. The van der Waals surface area contributed by atoms with Gasteiger partial charge in [-0.25, -0.2) is 4.79 Å². The highest BCUT2D eigenvalue weighted by Crippen LogP contribution is 2.39. The number of amides is 3. The smallest absolute Gasteiger partial charge is 0.323 e. The zero-order valence-electron chi connectivity index (χ0n) is 29.4. The van der Waals surface area contributed by atoms with Gasteiger partial charge in [0.05, 0.1) is 24.1 Å². The Kier molecular flexibility index (Phi) is 9.09. The number of urea groups is 1. The van der Waals surface area contributed by atoms with E-state index in [-0.39, 0.29) is 17.4 Å². The Bertz CT molecular complexity index is 2190. The van der Waals surface area contributed by atoms with Crippen LogP contribution in [0.1, 0.15) is 50.5 Å². The van der Waals surface area contributed by atoms with Crippen LogP contribution >= 0.6 is 0 Å². The van der Waals surface area contributed by atoms with Crippen LogP contribution in [0.5, 0.6) is 11.5 Å². The number of H-pyrrole nitrogens is 1. The molecule has 51 heavy (non-hydrogen) atoms. The number of hydrogen-bond acceptors (Lipinski definition) is 7. The second-order valence-electron chi connectivity index (χ2n) is 13.1. The minimum absolute atomic E-state index is 0.0633. The van der Waals surface area contributed by atoms with Crippen LogP contribution in [0.2, 0.25) is 0 Å². The Labute approximate surface area is 296 Å². The van der Waals surface area contributed by atoms with Gasteiger partial charge >= 0.3 is 6.03 Å². The van der Waals surface area contributed by atoms with E-state index in [0.29, 0.717) is 40.5 Å². The molecule has 0 bridgehead atoms. The van der Waals surface area contributed by atoms with Crippen molar-refractivity contribution in [2.24, 2.45) is 7.05 Å². The molecule has 1 fully saturated rings. The lowest BCUT2D eigenvalue weighted by molar-refractivity contribution is 0.0782. The first-order valence-corrected chi connectivity index (χ1v) is 17.0. The predicted molar refractivity (Wildman–Crippen MR) is 198 cm³/mol. The number of fused-ring (bicyclic) bond motifs is 2. The van der Waals surface area contributed by atoms with Crippen LogP contribution in [0.25, 0.3) is 28.2 Å². The molecule has 1 saturated heterocycles. The number of anilines is 2. The molecular formula is C39H41N7O5. The molecule has 5 aromatic rings. The molecule has 0 radical (unpaired) electrons. The van der Waals surface area contributed by atoms with Gasteiger partial charge in [-0.05, 0) is 107 Å². The predicted octanol–water partition coefficient (Wildman–Crippen LogP) is 6.62. The largest absolute Gasteiger partial charge is 0.497 e. The van der Waals surface area contributed by atoms with Crippen molar-refractivity contribution in [1.82, 2.24) is 24.6 Å². The number of aryl methyl sites for hydroxylation is 2. The average Bonchev–Trinajstić information content (AvgIpc) is 3.90. The summed E-state index contributed by atoms with van der Waals surface area (Å²) in [5.41, 5.74) is 7.09. The normalized spacial score (nSPS) is 14.9. The maximum Gasteiger partial charge on any atom is 0.323 e. The molecule has 0 saturated carbocycles. The summed E-state index contributed by atoms with van der Waals surface area (Å²) in [6.07, 6.45) is 4.18. The molecule has 0 unspecified atom stereocenters. The first-order valence-electron chi connectivity index (χ1n) is 17.0. The number of aromatic nitrogens is 3. The number of allylic oxidation sites excluding steroid dienone is 1. The molecule has 12 heteroatoms. The van der Waals surface area contributed by atoms with Crippen LogP contribution < -0.4 is 20.1 Å². The van der Waals surface area contributed by atoms with E-state index in [1.54, 1.807) is 60.6 Å². The van der Waals surface area contributed by atoms with Gasteiger partial charge in [0.1, 0.15) is 11.5 Å². The van der Waals surface area contributed by atoms with E-state index in [1.807, 2.05) is 50.8 Å². The zero-order valence-corrected chi connectivity index (χ0v) is 29.4. The monoisotopic (exact) mass is 687 g/mol. The number of aromatic amines is 1. The molecule has 262 valence electrons. The van der Waals surface area contributed by atoms with Gasteiger partial charge in [0.15, 0.2) is 5.76 Å². The van der Waals surface area contributed by atoms with Gasteiger partial charge in [0.25, 0.3) is 5.91 Å². The van der Waals surface area contributed by atoms with Crippen molar-refractivity contribution < 1.29 is 23.9 Å². The second-order valence-corrected chi connectivity index (χ2v) is 13.1. The number of Topliss-reactive ketones (excluding diaryl/α,β-unsaturated/α-hetero) is 1. The summed E-state index contributed by atoms with van der Waals surface area (Å²) < 4.78 is 13.4. The first kappa shape index (κ1) is 33.6. The van der Waals surface area contributed by atoms with Gasteiger partial charge in [-0.2, -0.15) is 5.10 Å². The van der Waals surface area contributed by atoms with Gasteiger partial charge in [0.2, 0.25) is 5.78 Å². The number of rotatable bonds is 9. The third-order valence-electron chi connectivity index (χ3n) is 9.69. The van der Waals surface area contributed by atoms with E-state index in [2.05, 4.69) is 25.6 Å². The SMILES string of the molecule is COc1ccc2[nH]c(-c3c(C)nn(C)c3C)c(/C=C3\Oc4ccc(NC(=O)Nc5ccc(C(=O)N(C)CCN6CCCC6)cc5)cc4C3=O)c2c1. The Morgan fingerprint density at radius 2 is 1.75 bits per heavy atom. The van der Waals surface area contributed by atoms with Crippen LogP contribution in [-0.4, -0.2) is 82.6 Å². The fraction of sp³-hybridized carbons (Fsp3) is 0.282. The van der Waals surface area contributed by atoms with E-state index in [4.69, 9.17) is 9.47 Å². The van der Waals surface area contributed by atoms with Gasteiger partial charge in [-0.15, -0.1) is 0 Å². The number of nitrogens with zero attached hydrogens (tertiary/aromatic N) is 4. The number of methoxy groups -OCH3 is 1. The lowest BCUT2D eigenvalue weighted by Gasteiger charge is -2.21. The summed E-state index contributed by atoms with van der Waals surface area (Å²) in [4.78, 5) is 47.2. The van der Waals surface area contributed by atoms with Crippen molar-refractivity contribution in [3.8, 4) is 22.8 Å². The lowest BCUT2D eigenvalue weighted by atomic mass is 10.0. The summed E-state index contributed by atoms with van der Waals surface area (Å²) in [5.74, 6) is 0.875. The summed E-state index contributed by atoms with van der Waals surface area (Å²) >= 11 is 0. The van der Waals surface area contributed by atoms with Crippen molar-refractivity contribution in [2.45, 2.75) is 26.7 Å². The summed E-state index contributed by atoms with van der Waals surface area (Å²) in [6.45, 7) is 7.67. The summed E-state index contributed by atoms with van der Waals surface area (Å²) in [7, 11) is 5.32. The fourth-order valence-electron chi connectivity index (χ4n) is 6.81. The first-order chi connectivity index (χ1) is 24.6. The number of ether oxygens (including phenoxy) is 2. The van der Waals surface area contributed by atoms with Crippen LogP contribution in [0, 0.1) is 13.8 Å². The highest BCUT2D eigenvalue weighted by molar-refractivity contribution is 6.16. The Hall–Kier alpha value is -5.88. The topological polar surface area (TPSA) is 134 Å². The van der Waals surface area contributed by atoms with E-state index in [9.17, 15) is 14.4 Å². The number of carbonyl (C=O) groups is 3. The van der Waals surface area contributed by atoms with Crippen molar-refractivity contribution in [3.63, 3.8) is 0 Å². The van der Waals surface area contributed by atoms with Crippen molar-refractivity contribution in [1.29, 1.82) is 0 Å². The lowest BCUT2D eigenvalue weighted by Crippen LogP contribution is -2.35. The van der Waals surface area contributed by atoms with Crippen molar-refractivity contribution >= 4 is 46.1 Å². The molecule has 3 aromatic carbocycles. The van der Waals surface area contributed by atoms with Gasteiger partial charge in [-0.3, -0.25) is 14.3 Å². The van der Waals surface area contributed by atoms with Gasteiger partial charge in [-0.1, -0.05) is 0 Å². The molecule has 2 aliphatic rings. The minimum Gasteiger partial charge on any atom is -0.497 e. The summed E-state index contributed by atoms with van der Waals surface area (Å²) in [5, 5.41) is 11.1. The molecule has 2 aromatic heterocycles. The van der Waals surface area contributed by atoms with E-state index >= 15 is 0 Å².